The predicted octanol–water partition coefficient (Wildman–Crippen LogP) is 5.15. The summed E-state index contributed by atoms with van der Waals surface area (Å²) in [5, 5.41) is 16.5. The number of nitrogens with zero attached hydrogens (tertiary/aromatic N) is 3. The van der Waals surface area contributed by atoms with Gasteiger partial charge in [-0.15, -0.1) is 5.10 Å². The Labute approximate surface area is 163 Å². The Bertz CT molecular complexity index is 1140. The zero-order valence-electron chi connectivity index (χ0n) is 13.8. The SMILES string of the molecule is Fc1cc2cc(-c3nnn[nH]3)oc2cc1CNc1ccc(Br)c(C(F)(F)F)c1. The number of anilines is 1. The second kappa shape index (κ2) is 6.89. The smallest absolute Gasteiger partial charge is 0.417 e. The number of aromatic amines is 1. The predicted molar refractivity (Wildman–Crippen MR) is 95.8 cm³/mol. The number of hydrogen-bond donors (Lipinski definition) is 2. The molecule has 28 heavy (non-hydrogen) atoms. The van der Waals surface area contributed by atoms with Gasteiger partial charge in [-0.2, -0.15) is 13.2 Å². The fraction of sp³-hybridized carbons (Fsp3) is 0.118. The maximum atomic E-state index is 14.4. The number of H-pyrrole nitrogens is 1. The van der Waals surface area contributed by atoms with Crippen molar-refractivity contribution in [3.63, 3.8) is 0 Å². The third-order valence-corrected chi connectivity index (χ3v) is 4.71. The van der Waals surface area contributed by atoms with Crippen molar-refractivity contribution in [2.24, 2.45) is 0 Å². The summed E-state index contributed by atoms with van der Waals surface area (Å²) in [5.74, 6) is 0.120. The van der Waals surface area contributed by atoms with E-state index in [1.807, 2.05) is 0 Å². The molecule has 0 atom stereocenters. The van der Waals surface area contributed by atoms with Crippen molar-refractivity contribution in [1.29, 1.82) is 0 Å². The molecular weight excluding hydrogens is 446 g/mol. The van der Waals surface area contributed by atoms with Gasteiger partial charge in [-0.3, -0.25) is 0 Å². The molecule has 0 radical (unpaired) electrons. The summed E-state index contributed by atoms with van der Waals surface area (Å²) < 4.78 is 58.9. The number of nitrogens with one attached hydrogen (secondary N) is 2. The van der Waals surface area contributed by atoms with Crippen molar-refractivity contribution in [2.45, 2.75) is 12.7 Å². The highest BCUT2D eigenvalue weighted by Crippen LogP contribution is 2.36. The van der Waals surface area contributed by atoms with E-state index in [1.165, 1.54) is 24.3 Å². The minimum absolute atomic E-state index is 0.0272. The van der Waals surface area contributed by atoms with Gasteiger partial charge in [-0.25, -0.2) is 9.49 Å². The average molecular weight is 456 g/mol. The molecule has 2 aromatic heterocycles. The monoisotopic (exact) mass is 455 g/mol. The van der Waals surface area contributed by atoms with Crippen molar-refractivity contribution >= 4 is 32.6 Å². The van der Waals surface area contributed by atoms with Gasteiger partial charge in [0.2, 0.25) is 5.82 Å². The Morgan fingerprint density at radius 1 is 1.14 bits per heavy atom. The third-order valence-electron chi connectivity index (χ3n) is 4.02. The molecule has 0 aliphatic rings. The van der Waals surface area contributed by atoms with E-state index in [1.54, 1.807) is 6.07 Å². The first kappa shape index (κ1) is 18.4. The molecule has 0 saturated heterocycles. The Morgan fingerprint density at radius 3 is 2.68 bits per heavy atom. The Morgan fingerprint density at radius 2 is 1.96 bits per heavy atom. The Balaban J connectivity index is 1.59. The van der Waals surface area contributed by atoms with Crippen molar-refractivity contribution in [1.82, 2.24) is 20.6 Å². The summed E-state index contributed by atoms with van der Waals surface area (Å²) in [4.78, 5) is 0. The second-order valence-corrected chi connectivity index (χ2v) is 6.74. The molecule has 0 bridgehead atoms. The standard InChI is InChI=1S/C17H10BrF4N5O/c18-12-2-1-10(6-11(12)17(20,21)22)23-7-9-5-14-8(3-13(9)19)4-15(28-14)16-24-26-27-25-16/h1-6,23H,7H2,(H,24,25,26,27). The molecule has 0 spiro atoms. The number of furan rings is 1. The van der Waals surface area contributed by atoms with Crippen LogP contribution in [0.3, 0.4) is 0 Å². The number of rotatable bonds is 4. The molecule has 6 nitrogen and oxygen atoms in total. The first-order chi connectivity index (χ1) is 13.3. The average Bonchev–Trinajstić information content (AvgIpc) is 3.29. The highest BCUT2D eigenvalue weighted by Gasteiger charge is 2.33. The summed E-state index contributed by atoms with van der Waals surface area (Å²) in [6.45, 7) is -0.0272. The van der Waals surface area contributed by atoms with Gasteiger partial charge in [0, 0.05) is 27.7 Å². The maximum Gasteiger partial charge on any atom is 0.417 e. The van der Waals surface area contributed by atoms with Gasteiger partial charge >= 0.3 is 6.18 Å². The topological polar surface area (TPSA) is 79.6 Å². The van der Waals surface area contributed by atoms with E-state index in [9.17, 15) is 17.6 Å². The van der Waals surface area contributed by atoms with Gasteiger partial charge in [0.25, 0.3) is 0 Å². The van der Waals surface area contributed by atoms with Gasteiger partial charge < -0.3 is 9.73 Å². The van der Waals surface area contributed by atoms with Crippen molar-refractivity contribution in [3.05, 3.63) is 57.8 Å². The van der Waals surface area contributed by atoms with Crippen LogP contribution in [-0.4, -0.2) is 20.6 Å². The van der Waals surface area contributed by atoms with E-state index in [2.05, 4.69) is 41.9 Å². The zero-order valence-corrected chi connectivity index (χ0v) is 15.4. The lowest BCUT2D eigenvalue weighted by Gasteiger charge is -2.13. The van der Waals surface area contributed by atoms with Crippen LogP contribution in [0, 0.1) is 5.82 Å². The Hall–Kier alpha value is -2.95. The first-order valence-electron chi connectivity index (χ1n) is 7.88. The van der Waals surface area contributed by atoms with Crippen LogP contribution in [0.5, 0.6) is 0 Å². The molecule has 0 unspecified atom stereocenters. The molecule has 0 aliphatic heterocycles. The van der Waals surface area contributed by atoms with E-state index < -0.39 is 17.6 Å². The molecule has 2 heterocycles. The van der Waals surface area contributed by atoms with Gasteiger partial charge in [0.1, 0.15) is 11.4 Å². The number of aromatic nitrogens is 4. The highest BCUT2D eigenvalue weighted by molar-refractivity contribution is 9.10. The van der Waals surface area contributed by atoms with E-state index in [0.29, 0.717) is 22.6 Å². The number of halogens is 5. The first-order valence-corrected chi connectivity index (χ1v) is 8.67. The minimum atomic E-state index is -4.50. The molecule has 0 aliphatic carbocycles. The lowest BCUT2D eigenvalue weighted by molar-refractivity contribution is -0.138. The van der Waals surface area contributed by atoms with Gasteiger partial charge in [-0.05, 0) is 46.8 Å². The van der Waals surface area contributed by atoms with Crippen LogP contribution in [0.25, 0.3) is 22.6 Å². The van der Waals surface area contributed by atoms with Crippen LogP contribution in [0.15, 0.2) is 45.3 Å². The fourth-order valence-electron chi connectivity index (χ4n) is 2.67. The number of tetrazole rings is 1. The number of alkyl halides is 3. The third kappa shape index (κ3) is 3.57. The van der Waals surface area contributed by atoms with Crippen LogP contribution in [0.4, 0.5) is 23.2 Å². The van der Waals surface area contributed by atoms with E-state index >= 15 is 0 Å². The summed E-state index contributed by atoms with van der Waals surface area (Å²) >= 11 is 2.88. The van der Waals surface area contributed by atoms with Crippen LogP contribution in [-0.2, 0) is 12.7 Å². The zero-order chi connectivity index (χ0) is 19.9. The fourth-order valence-corrected chi connectivity index (χ4v) is 3.14. The second-order valence-electron chi connectivity index (χ2n) is 5.89. The molecule has 0 amide bonds. The summed E-state index contributed by atoms with van der Waals surface area (Å²) in [6, 6.07) is 8.07. The number of fused-ring (bicyclic) bond motifs is 1. The van der Waals surface area contributed by atoms with E-state index in [4.69, 9.17) is 4.42 Å². The maximum absolute atomic E-state index is 14.4. The lowest BCUT2D eigenvalue weighted by Crippen LogP contribution is -2.08. The van der Waals surface area contributed by atoms with Gasteiger partial charge in [-0.1, -0.05) is 15.9 Å². The number of hydrogen-bond acceptors (Lipinski definition) is 5. The highest BCUT2D eigenvalue weighted by atomic mass is 79.9. The normalized spacial score (nSPS) is 11.9. The van der Waals surface area contributed by atoms with Crippen LogP contribution < -0.4 is 5.32 Å². The molecular formula is C17H10BrF4N5O. The van der Waals surface area contributed by atoms with Crippen molar-refractivity contribution < 1.29 is 22.0 Å². The molecule has 0 fully saturated rings. The van der Waals surface area contributed by atoms with Crippen molar-refractivity contribution in [3.8, 4) is 11.6 Å². The summed E-state index contributed by atoms with van der Waals surface area (Å²) in [7, 11) is 0. The molecule has 4 aromatic rings. The van der Waals surface area contributed by atoms with E-state index in [-0.39, 0.29) is 22.3 Å². The van der Waals surface area contributed by atoms with E-state index in [0.717, 1.165) is 6.07 Å². The quantitative estimate of drug-likeness (QED) is 0.416. The van der Waals surface area contributed by atoms with Crippen molar-refractivity contribution in [2.75, 3.05) is 5.32 Å². The van der Waals surface area contributed by atoms with Gasteiger partial charge in [0.05, 0.1) is 5.56 Å². The van der Waals surface area contributed by atoms with Gasteiger partial charge in [0.15, 0.2) is 5.76 Å². The van der Waals surface area contributed by atoms with Crippen LogP contribution >= 0.6 is 15.9 Å². The Kier molecular flexibility index (Phi) is 4.53. The molecule has 11 heteroatoms. The minimum Gasteiger partial charge on any atom is -0.453 e. The molecule has 144 valence electrons. The largest absolute Gasteiger partial charge is 0.453 e. The van der Waals surface area contributed by atoms with Crippen LogP contribution in [0.1, 0.15) is 11.1 Å². The number of benzene rings is 2. The molecule has 0 saturated carbocycles. The summed E-state index contributed by atoms with van der Waals surface area (Å²) in [6.07, 6.45) is -4.50. The summed E-state index contributed by atoms with van der Waals surface area (Å²) in [5.41, 5.74) is 0.0321. The van der Waals surface area contributed by atoms with Crippen LogP contribution in [0.2, 0.25) is 0 Å². The lowest BCUT2D eigenvalue weighted by atomic mass is 10.1. The molecule has 2 N–H and O–H groups in total. The molecule has 4 rings (SSSR count). The molecule has 2 aromatic carbocycles.